The van der Waals surface area contributed by atoms with E-state index in [0.29, 0.717) is 0 Å². The maximum atomic E-state index is 4.90. The van der Waals surface area contributed by atoms with Crippen LogP contribution in [0.15, 0.2) is 36.8 Å². The molecule has 0 bridgehead atoms. The van der Waals surface area contributed by atoms with E-state index in [-0.39, 0.29) is 0 Å². The normalized spacial score (nSPS) is 11.7. The van der Waals surface area contributed by atoms with Gasteiger partial charge in [0.15, 0.2) is 10.9 Å². The van der Waals surface area contributed by atoms with Gasteiger partial charge in [-0.3, -0.25) is 0 Å². The zero-order valence-electron chi connectivity index (χ0n) is 16.0. The zero-order valence-corrected chi connectivity index (χ0v) is 16.8. The second-order valence-electron chi connectivity index (χ2n) is 6.94. The van der Waals surface area contributed by atoms with Crippen LogP contribution in [0.3, 0.4) is 0 Å². The number of benzene rings is 1. The number of pyridine rings is 1. The third kappa shape index (κ3) is 2.60. The van der Waals surface area contributed by atoms with Gasteiger partial charge in [-0.2, -0.15) is 0 Å². The van der Waals surface area contributed by atoms with E-state index in [4.69, 9.17) is 9.97 Å². The summed E-state index contributed by atoms with van der Waals surface area (Å²) < 4.78 is 2.01. The monoisotopic (exact) mass is 391 g/mol. The number of para-hydroxylation sites is 1. The van der Waals surface area contributed by atoms with Crippen molar-refractivity contribution < 1.29 is 0 Å². The average molecular weight is 392 g/mol. The topological polar surface area (TPSA) is 74.7 Å². The lowest BCUT2D eigenvalue weighted by molar-refractivity contribution is 0.877. The van der Waals surface area contributed by atoms with E-state index >= 15 is 0 Å². The predicted molar refractivity (Wildman–Crippen MR) is 117 cm³/mol. The van der Waals surface area contributed by atoms with Crippen molar-refractivity contribution in [3.8, 4) is 0 Å². The van der Waals surface area contributed by atoms with E-state index in [1.165, 1.54) is 16.5 Å². The van der Waals surface area contributed by atoms with E-state index in [0.717, 1.165) is 45.3 Å². The second kappa shape index (κ2) is 6.49. The molecule has 1 aromatic carbocycles. The lowest BCUT2D eigenvalue weighted by Gasteiger charge is -2.14. The van der Waals surface area contributed by atoms with Crippen LogP contribution < -0.4 is 10.2 Å². The Morgan fingerprint density at radius 1 is 1.21 bits per heavy atom. The number of thiazole rings is 1. The quantitative estimate of drug-likeness (QED) is 0.477. The molecule has 142 valence electrons. The van der Waals surface area contributed by atoms with E-state index in [9.17, 15) is 0 Å². The van der Waals surface area contributed by atoms with Crippen molar-refractivity contribution in [1.29, 1.82) is 0 Å². The summed E-state index contributed by atoms with van der Waals surface area (Å²) in [7, 11) is 5.96. The van der Waals surface area contributed by atoms with Gasteiger partial charge in [0.05, 0.1) is 6.33 Å². The van der Waals surface area contributed by atoms with Crippen LogP contribution >= 0.6 is 11.3 Å². The van der Waals surface area contributed by atoms with Gasteiger partial charge >= 0.3 is 0 Å². The van der Waals surface area contributed by atoms with Crippen molar-refractivity contribution in [2.24, 2.45) is 7.05 Å². The number of rotatable bonds is 5. The van der Waals surface area contributed by atoms with Crippen molar-refractivity contribution in [1.82, 2.24) is 24.5 Å². The Bertz CT molecular complexity index is 1300. The summed E-state index contributed by atoms with van der Waals surface area (Å²) in [6.45, 7) is 0.884. The summed E-state index contributed by atoms with van der Waals surface area (Å²) in [5.41, 5.74) is 5.29. The molecule has 0 aliphatic rings. The molecule has 0 fully saturated rings. The van der Waals surface area contributed by atoms with E-state index in [2.05, 4.69) is 57.7 Å². The molecule has 0 atom stereocenters. The number of fused-ring (bicyclic) bond motifs is 4. The fourth-order valence-corrected chi connectivity index (χ4v) is 4.56. The maximum Gasteiger partial charge on any atom is 0.187 e. The van der Waals surface area contributed by atoms with Gasteiger partial charge in [-0.05, 0) is 18.1 Å². The zero-order chi connectivity index (χ0) is 19.3. The molecule has 4 aromatic heterocycles. The standard InChI is InChI=1S/C20H21N7S/c1-21-18-15-17(27(3)11-23-15)16-19(25-18)28-20(24-16)26(2)9-8-12-10-22-14-7-5-4-6-13(12)14/h4-7,10-11,22H,8-9H2,1-3H3,(H,21,25). The molecule has 0 unspecified atom stereocenters. The number of anilines is 2. The Hall–Kier alpha value is -3.13. The molecule has 4 heterocycles. The van der Waals surface area contributed by atoms with Crippen molar-refractivity contribution in [3.63, 3.8) is 0 Å². The van der Waals surface area contributed by atoms with Crippen LogP contribution in [0.25, 0.3) is 32.3 Å². The minimum absolute atomic E-state index is 0.791. The molecule has 0 saturated carbocycles. The molecule has 8 heteroatoms. The van der Waals surface area contributed by atoms with Crippen LogP contribution in [0.1, 0.15) is 5.56 Å². The van der Waals surface area contributed by atoms with Gasteiger partial charge < -0.3 is 19.8 Å². The Labute approximate surface area is 166 Å². The minimum atomic E-state index is 0.791. The molecular formula is C20H21N7S. The van der Waals surface area contributed by atoms with Gasteiger partial charge in [-0.15, -0.1) is 0 Å². The van der Waals surface area contributed by atoms with Crippen LogP contribution in [0.2, 0.25) is 0 Å². The smallest absolute Gasteiger partial charge is 0.187 e. The molecule has 5 aromatic rings. The highest BCUT2D eigenvalue weighted by Crippen LogP contribution is 2.34. The van der Waals surface area contributed by atoms with E-state index in [1.807, 2.05) is 25.0 Å². The number of aromatic nitrogens is 5. The van der Waals surface area contributed by atoms with Crippen molar-refractivity contribution in [2.75, 3.05) is 30.9 Å². The summed E-state index contributed by atoms with van der Waals surface area (Å²) in [6, 6.07) is 8.42. The first-order chi connectivity index (χ1) is 13.7. The summed E-state index contributed by atoms with van der Waals surface area (Å²) in [4.78, 5) is 20.6. The number of H-pyrrole nitrogens is 1. The highest BCUT2D eigenvalue weighted by Gasteiger charge is 2.18. The van der Waals surface area contributed by atoms with Crippen LogP contribution in [-0.2, 0) is 13.5 Å². The number of imidazole rings is 1. The first-order valence-corrected chi connectivity index (χ1v) is 10.0. The van der Waals surface area contributed by atoms with Gasteiger partial charge in [0.25, 0.3) is 0 Å². The number of hydrogen-bond donors (Lipinski definition) is 2. The number of hydrogen-bond acceptors (Lipinski definition) is 6. The van der Waals surface area contributed by atoms with Crippen LogP contribution in [-0.4, -0.2) is 45.1 Å². The number of nitrogens with one attached hydrogen (secondary N) is 2. The molecule has 0 aliphatic heterocycles. The highest BCUT2D eigenvalue weighted by molar-refractivity contribution is 7.22. The molecule has 0 aliphatic carbocycles. The Balaban J connectivity index is 1.47. The summed E-state index contributed by atoms with van der Waals surface area (Å²) in [6.07, 6.45) is 4.87. The lowest BCUT2D eigenvalue weighted by Crippen LogP contribution is -2.19. The average Bonchev–Trinajstić information content (AvgIpc) is 3.42. The summed E-state index contributed by atoms with van der Waals surface area (Å²) in [5, 5.41) is 5.41. The third-order valence-corrected chi connectivity index (χ3v) is 6.22. The second-order valence-corrected chi connectivity index (χ2v) is 7.90. The van der Waals surface area contributed by atoms with Crippen LogP contribution in [0, 0.1) is 0 Å². The van der Waals surface area contributed by atoms with Crippen LogP contribution in [0.4, 0.5) is 10.9 Å². The SMILES string of the molecule is CNc1nc2sc(N(C)CCc3c[nH]c4ccccc34)nc2c2c1ncn2C. The Kier molecular flexibility index (Phi) is 3.94. The number of aryl methyl sites for hydroxylation is 1. The molecule has 5 rings (SSSR count). The molecule has 2 N–H and O–H groups in total. The van der Waals surface area contributed by atoms with Crippen molar-refractivity contribution >= 4 is 54.6 Å². The highest BCUT2D eigenvalue weighted by atomic mass is 32.1. The van der Waals surface area contributed by atoms with Gasteiger partial charge in [0.1, 0.15) is 21.4 Å². The Morgan fingerprint density at radius 2 is 2.07 bits per heavy atom. The third-order valence-electron chi connectivity index (χ3n) is 5.15. The molecule has 0 saturated heterocycles. The molecule has 0 spiro atoms. The lowest BCUT2D eigenvalue weighted by atomic mass is 10.1. The fraction of sp³-hybridized carbons (Fsp3) is 0.250. The predicted octanol–water partition coefficient (Wildman–Crippen LogP) is 3.78. The Morgan fingerprint density at radius 3 is 2.93 bits per heavy atom. The molecular weight excluding hydrogens is 370 g/mol. The van der Waals surface area contributed by atoms with Gasteiger partial charge in [-0.25, -0.2) is 15.0 Å². The number of nitrogens with zero attached hydrogens (tertiary/aromatic N) is 5. The first kappa shape index (κ1) is 17.0. The van der Waals surface area contributed by atoms with Gasteiger partial charge in [-0.1, -0.05) is 29.5 Å². The van der Waals surface area contributed by atoms with Gasteiger partial charge in [0.2, 0.25) is 0 Å². The molecule has 0 radical (unpaired) electrons. The molecule has 0 amide bonds. The van der Waals surface area contributed by atoms with E-state index < -0.39 is 0 Å². The first-order valence-electron chi connectivity index (χ1n) is 9.21. The number of aromatic amines is 1. The van der Waals surface area contributed by atoms with Crippen LogP contribution in [0.5, 0.6) is 0 Å². The van der Waals surface area contributed by atoms with E-state index in [1.54, 1.807) is 11.3 Å². The maximum absolute atomic E-state index is 4.90. The largest absolute Gasteiger partial charge is 0.371 e. The van der Waals surface area contributed by atoms with Crippen molar-refractivity contribution in [2.45, 2.75) is 6.42 Å². The summed E-state index contributed by atoms with van der Waals surface area (Å²) >= 11 is 1.62. The van der Waals surface area contributed by atoms with Crippen molar-refractivity contribution in [3.05, 3.63) is 42.4 Å². The summed E-state index contributed by atoms with van der Waals surface area (Å²) in [5.74, 6) is 0.791. The van der Waals surface area contributed by atoms with Gasteiger partial charge in [0, 0.05) is 44.8 Å². The molecule has 28 heavy (non-hydrogen) atoms. The fourth-order valence-electron chi connectivity index (χ4n) is 3.63. The minimum Gasteiger partial charge on any atom is -0.371 e. The molecule has 7 nitrogen and oxygen atoms in total. The number of likely N-dealkylation sites (N-methyl/N-ethyl adjacent to an activating group) is 1.